The van der Waals surface area contributed by atoms with Gasteiger partial charge in [0.2, 0.25) is 11.7 Å². The summed E-state index contributed by atoms with van der Waals surface area (Å²) in [5, 5.41) is 5.98. The standard InChI is InChI=1S/C13H12N3O3/c14-13(18)10-8-11(16-19-10)15-12(17)7-6-9-4-2-1-3-5-9/h1-5,7-8H,6H2,(H2,14,18)(H,15,16,17). The van der Waals surface area contributed by atoms with Crippen molar-refractivity contribution in [2.75, 3.05) is 5.32 Å². The van der Waals surface area contributed by atoms with E-state index in [2.05, 4.69) is 15.0 Å². The summed E-state index contributed by atoms with van der Waals surface area (Å²) < 4.78 is 4.64. The summed E-state index contributed by atoms with van der Waals surface area (Å²) in [6, 6.07) is 10.8. The molecule has 2 rings (SSSR count). The zero-order valence-corrected chi connectivity index (χ0v) is 10.00. The van der Waals surface area contributed by atoms with Gasteiger partial charge in [-0.15, -0.1) is 0 Å². The number of nitrogens with one attached hydrogen (secondary N) is 1. The predicted octanol–water partition coefficient (Wildman–Crippen LogP) is 1.16. The molecule has 0 spiro atoms. The van der Waals surface area contributed by atoms with E-state index in [1.807, 2.05) is 30.3 Å². The molecule has 2 aromatic rings. The number of hydrogen-bond acceptors (Lipinski definition) is 4. The van der Waals surface area contributed by atoms with Crippen molar-refractivity contribution < 1.29 is 14.1 Å². The van der Waals surface area contributed by atoms with Gasteiger partial charge in [-0.3, -0.25) is 9.59 Å². The molecule has 6 heteroatoms. The fourth-order valence-corrected chi connectivity index (χ4v) is 1.45. The molecule has 6 nitrogen and oxygen atoms in total. The number of nitrogens with two attached hydrogens (primary N) is 1. The van der Waals surface area contributed by atoms with Gasteiger partial charge < -0.3 is 15.6 Å². The molecule has 0 unspecified atom stereocenters. The van der Waals surface area contributed by atoms with E-state index in [1.54, 1.807) is 0 Å². The lowest BCUT2D eigenvalue weighted by atomic mass is 10.1. The monoisotopic (exact) mass is 258 g/mol. The van der Waals surface area contributed by atoms with Crippen LogP contribution in [0.15, 0.2) is 40.9 Å². The van der Waals surface area contributed by atoms with E-state index in [0.29, 0.717) is 6.42 Å². The Kier molecular flexibility index (Phi) is 3.92. The number of benzene rings is 1. The van der Waals surface area contributed by atoms with Gasteiger partial charge in [0.25, 0.3) is 5.91 Å². The normalized spacial score (nSPS) is 10.1. The Morgan fingerprint density at radius 1 is 1.32 bits per heavy atom. The zero-order valence-electron chi connectivity index (χ0n) is 10.00. The Labute approximate surface area is 109 Å². The van der Waals surface area contributed by atoms with Crippen LogP contribution in [0.3, 0.4) is 0 Å². The fraction of sp³-hybridized carbons (Fsp3) is 0.0769. The number of rotatable bonds is 5. The van der Waals surface area contributed by atoms with Crippen molar-refractivity contribution >= 4 is 17.6 Å². The Bertz CT molecular complexity index is 578. The molecule has 0 saturated carbocycles. The van der Waals surface area contributed by atoms with Gasteiger partial charge in [0.15, 0.2) is 5.82 Å². The Morgan fingerprint density at radius 3 is 2.68 bits per heavy atom. The maximum absolute atomic E-state index is 11.6. The second-order valence-corrected chi connectivity index (χ2v) is 3.82. The van der Waals surface area contributed by atoms with Crippen molar-refractivity contribution in [1.82, 2.24) is 5.16 Å². The summed E-state index contributed by atoms with van der Waals surface area (Å²) >= 11 is 0. The van der Waals surface area contributed by atoms with Crippen LogP contribution in [0.5, 0.6) is 0 Å². The van der Waals surface area contributed by atoms with Crippen molar-refractivity contribution in [3.8, 4) is 0 Å². The van der Waals surface area contributed by atoms with Gasteiger partial charge in [-0.1, -0.05) is 35.5 Å². The maximum atomic E-state index is 11.6. The summed E-state index contributed by atoms with van der Waals surface area (Å²) in [6.45, 7) is 0. The SMILES string of the molecule is NC(=O)c1cc(NC(=O)[CH]Cc2ccccc2)no1. The van der Waals surface area contributed by atoms with Gasteiger partial charge in [0, 0.05) is 6.07 Å². The van der Waals surface area contributed by atoms with Gasteiger partial charge in [-0.05, 0) is 12.0 Å². The van der Waals surface area contributed by atoms with Crippen LogP contribution in [0.1, 0.15) is 16.1 Å². The lowest BCUT2D eigenvalue weighted by molar-refractivity contribution is -0.113. The molecule has 3 N–H and O–H groups in total. The molecule has 0 fully saturated rings. The minimum atomic E-state index is -0.735. The highest BCUT2D eigenvalue weighted by molar-refractivity contribution is 5.97. The molecule has 1 aromatic heterocycles. The third-order valence-electron chi connectivity index (χ3n) is 2.37. The van der Waals surface area contributed by atoms with E-state index in [4.69, 9.17) is 5.73 Å². The summed E-state index contributed by atoms with van der Waals surface area (Å²) in [6.07, 6.45) is 1.99. The fourth-order valence-electron chi connectivity index (χ4n) is 1.45. The molecule has 1 heterocycles. The quantitative estimate of drug-likeness (QED) is 0.840. The Morgan fingerprint density at radius 2 is 2.05 bits per heavy atom. The van der Waals surface area contributed by atoms with Crippen LogP contribution in [-0.2, 0) is 11.2 Å². The lowest BCUT2D eigenvalue weighted by Gasteiger charge is -2.01. The van der Waals surface area contributed by atoms with Crippen molar-refractivity contribution in [3.05, 3.63) is 54.1 Å². The minimum Gasteiger partial charge on any atom is -0.363 e. The second-order valence-electron chi connectivity index (χ2n) is 3.82. The maximum Gasteiger partial charge on any atom is 0.287 e. The molecule has 0 aliphatic heterocycles. The smallest absolute Gasteiger partial charge is 0.287 e. The van der Waals surface area contributed by atoms with Crippen LogP contribution in [0, 0.1) is 6.42 Å². The molecule has 0 aliphatic rings. The van der Waals surface area contributed by atoms with Crippen molar-refractivity contribution in [2.24, 2.45) is 5.73 Å². The first-order chi connectivity index (χ1) is 9.15. The number of anilines is 1. The average Bonchev–Trinajstić information content (AvgIpc) is 2.86. The second kappa shape index (κ2) is 5.81. The minimum absolute atomic E-state index is 0.0987. The molecule has 0 bridgehead atoms. The number of primary amides is 1. The molecular formula is C13H12N3O3. The summed E-state index contributed by atoms with van der Waals surface area (Å²) in [4.78, 5) is 22.4. The van der Waals surface area contributed by atoms with Gasteiger partial charge in [0.1, 0.15) is 0 Å². The van der Waals surface area contributed by atoms with Gasteiger partial charge >= 0.3 is 0 Å². The highest BCUT2D eigenvalue weighted by atomic mass is 16.5. The highest BCUT2D eigenvalue weighted by Gasteiger charge is 2.11. The molecule has 2 amide bonds. The number of amides is 2. The first kappa shape index (κ1) is 12.8. The number of nitrogens with zero attached hydrogens (tertiary/aromatic N) is 1. The average molecular weight is 258 g/mol. The number of aromatic nitrogens is 1. The summed E-state index contributed by atoms with van der Waals surface area (Å²) in [5.41, 5.74) is 6.02. The van der Waals surface area contributed by atoms with Crippen molar-refractivity contribution in [2.45, 2.75) is 6.42 Å². The lowest BCUT2D eigenvalue weighted by Crippen LogP contribution is -2.13. The molecule has 19 heavy (non-hydrogen) atoms. The van der Waals surface area contributed by atoms with E-state index < -0.39 is 5.91 Å². The number of carbonyl (C=O) groups is 2. The Balaban J connectivity index is 1.85. The van der Waals surface area contributed by atoms with Crippen LogP contribution < -0.4 is 11.1 Å². The Hall–Kier alpha value is -2.63. The number of hydrogen-bond donors (Lipinski definition) is 2. The molecular weight excluding hydrogens is 246 g/mol. The topological polar surface area (TPSA) is 98.2 Å². The summed E-state index contributed by atoms with van der Waals surface area (Å²) in [7, 11) is 0. The van der Waals surface area contributed by atoms with E-state index in [9.17, 15) is 9.59 Å². The van der Waals surface area contributed by atoms with Crippen LogP contribution in [-0.4, -0.2) is 17.0 Å². The third kappa shape index (κ3) is 3.67. The van der Waals surface area contributed by atoms with Crippen LogP contribution in [0.4, 0.5) is 5.82 Å². The largest absolute Gasteiger partial charge is 0.363 e. The first-order valence-corrected chi connectivity index (χ1v) is 5.60. The van der Waals surface area contributed by atoms with Crippen molar-refractivity contribution in [3.63, 3.8) is 0 Å². The van der Waals surface area contributed by atoms with Gasteiger partial charge in [0.05, 0.1) is 6.42 Å². The van der Waals surface area contributed by atoms with Crippen LogP contribution >= 0.6 is 0 Å². The van der Waals surface area contributed by atoms with E-state index in [0.717, 1.165) is 5.56 Å². The van der Waals surface area contributed by atoms with E-state index in [1.165, 1.54) is 12.5 Å². The molecule has 0 atom stereocenters. The molecule has 1 aromatic carbocycles. The zero-order chi connectivity index (χ0) is 13.7. The highest BCUT2D eigenvalue weighted by Crippen LogP contribution is 2.09. The molecule has 0 saturated heterocycles. The molecule has 0 aliphatic carbocycles. The van der Waals surface area contributed by atoms with E-state index in [-0.39, 0.29) is 17.5 Å². The van der Waals surface area contributed by atoms with Gasteiger partial charge in [-0.2, -0.15) is 0 Å². The first-order valence-electron chi connectivity index (χ1n) is 5.60. The van der Waals surface area contributed by atoms with E-state index >= 15 is 0 Å². The van der Waals surface area contributed by atoms with Gasteiger partial charge in [-0.25, -0.2) is 0 Å². The van der Waals surface area contributed by atoms with Crippen LogP contribution in [0.2, 0.25) is 0 Å². The number of carbonyl (C=O) groups excluding carboxylic acids is 2. The van der Waals surface area contributed by atoms with Crippen LogP contribution in [0.25, 0.3) is 0 Å². The molecule has 1 radical (unpaired) electrons. The molecule has 97 valence electrons. The van der Waals surface area contributed by atoms with Crippen molar-refractivity contribution in [1.29, 1.82) is 0 Å². The predicted molar refractivity (Wildman–Crippen MR) is 68.1 cm³/mol. The summed E-state index contributed by atoms with van der Waals surface area (Å²) in [5.74, 6) is -1.00. The third-order valence-corrected chi connectivity index (χ3v) is 2.37.